The Morgan fingerprint density at radius 2 is 1.88 bits per heavy atom. The van der Waals surface area contributed by atoms with Crippen molar-refractivity contribution in [1.82, 2.24) is 4.98 Å². The number of aryl methyl sites for hydroxylation is 2. The predicted molar refractivity (Wildman–Crippen MR) is 95.9 cm³/mol. The Bertz CT molecular complexity index is 748. The van der Waals surface area contributed by atoms with Crippen molar-refractivity contribution in [2.24, 2.45) is 0 Å². The van der Waals surface area contributed by atoms with Crippen molar-refractivity contribution >= 4 is 28.9 Å². The van der Waals surface area contributed by atoms with E-state index in [0.29, 0.717) is 16.1 Å². The molecule has 2 N–H and O–H groups in total. The van der Waals surface area contributed by atoms with Gasteiger partial charge in [-0.3, -0.25) is 9.59 Å². The van der Waals surface area contributed by atoms with Crippen LogP contribution in [0.2, 0.25) is 0 Å². The minimum atomic E-state index is -0.966. The number of rotatable bonds is 6. The number of carboxylic acids is 1. The van der Waals surface area contributed by atoms with Crippen LogP contribution in [-0.2, 0) is 16.6 Å². The van der Waals surface area contributed by atoms with Crippen molar-refractivity contribution in [3.63, 3.8) is 0 Å². The maximum absolute atomic E-state index is 12.4. The highest BCUT2D eigenvalue weighted by Crippen LogP contribution is 2.26. The molecule has 0 radical (unpaired) electrons. The molecule has 1 amide bonds. The van der Waals surface area contributed by atoms with Crippen LogP contribution in [0.15, 0.2) is 24.3 Å². The van der Waals surface area contributed by atoms with Gasteiger partial charge in [-0.2, -0.15) is 0 Å². The van der Waals surface area contributed by atoms with Gasteiger partial charge in [0.1, 0.15) is 4.88 Å². The van der Waals surface area contributed by atoms with Crippen molar-refractivity contribution in [2.45, 2.75) is 46.0 Å². The number of carboxylic acid groups (broad SMARTS) is 1. The minimum Gasteiger partial charge on any atom is -0.481 e. The van der Waals surface area contributed by atoms with Gasteiger partial charge in [0.15, 0.2) is 0 Å². The van der Waals surface area contributed by atoms with Gasteiger partial charge in [0.25, 0.3) is 5.91 Å². The largest absolute Gasteiger partial charge is 0.481 e. The first-order valence-electron chi connectivity index (χ1n) is 7.87. The summed E-state index contributed by atoms with van der Waals surface area (Å²) < 4.78 is 0. The summed E-state index contributed by atoms with van der Waals surface area (Å²) in [6.07, 6.45) is 1.87. The average Bonchev–Trinajstić information content (AvgIpc) is 2.89. The van der Waals surface area contributed by atoms with Gasteiger partial charge in [-0.25, -0.2) is 4.98 Å². The van der Waals surface area contributed by atoms with Crippen LogP contribution in [0.5, 0.6) is 0 Å². The van der Waals surface area contributed by atoms with E-state index in [1.165, 1.54) is 11.3 Å². The molecule has 128 valence electrons. The van der Waals surface area contributed by atoms with E-state index in [9.17, 15) is 14.7 Å². The number of anilines is 1. The Hall–Kier alpha value is -2.21. The van der Waals surface area contributed by atoms with Gasteiger partial charge in [0, 0.05) is 5.69 Å². The van der Waals surface area contributed by atoms with Crippen LogP contribution in [0.3, 0.4) is 0 Å². The van der Waals surface area contributed by atoms with E-state index >= 15 is 0 Å². The van der Waals surface area contributed by atoms with Crippen LogP contribution in [0.1, 0.15) is 53.1 Å². The van der Waals surface area contributed by atoms with Crippen LogP contribution < -0.4 is 5.32 Å². The maximum atomic E-state index is 12.4. The number of aromatic nitrogens is 1. The van der Waals surface area contributed by atoms with Gasteiger partial charge in [0.05, 0.1) is 16.1 Å². The van der Waals surface area contributed by atoms with Gasteiger partial charge in [-0.05, 0) is 51.3 Å². The second-order valence-corrected chi connectivity index (χ2v) is 7.32. The van der Waals surface area contributed by atoms with Crippen molar-refractivity contribution in [1.29, 1.82) is 0 Å². The predicted octanol–water partition coefficient (Wildman–Crippen LogP) is 4.02. The third kappa shape index (κ3) is 3.82. The second-order valence-electron chi connectivity index (χ2n) is 6.23. The summed E-state index contributed by atoms with van der Waals surface area (Å²) in [5, 5.41) is 13.1. The van der Waals surface area contributed by atoms with E-state index in [2.05, 4.69) is 17.2 Å². The summed E-state index contributed by atoms with van der Waals surface area (Å²) >= 11 is 1.42. The second kappa shape index (κ2) is 7.13. The minimum absolute atomic E-state index is 0.183. The van der Waals surface area contributed by atoms with Gasteiger partial charge in [-0.15, -0.1) is 11.3 Å². The van der Waals surface area contributed by atoms with Gasteiger partial charge < -0.3 is 10.4 Å². The number of carbonyl (C=O) groups excluding carboxylic acids is 1. The molecule has 6 heteroatoms. The topological polar surface area (TPSA) is 79.3 Å². The Kier molecular flexibility index (Phi) is 5.39. The number of thiazole rings is 1. The molecule has 1 heterocycles. The van der Waals surface area contributed by atoms with Crippen molar-refractivity contribution in [3.05, 3.63) is 45.4 Å². The zero-order valence-electron chi connectivity index (χ0n) is 14.3. The van der Waals surface area contributed by atoms with E-state index in [1.807, 2.05) is 6.92 Å². The molecular weight excluding hydrogens is 324 g/mol. The number of hydrogen-bond acceptors (Lipinski definition) is 4. The zero-order valence-corrected chi connectivity index (χ0v) is 15.2. The van der Waals surface area contributed by atoms with Crippen LogP contribution in [0.25, 0.3) is 0 Å². The molecule has 0 spiro atoms. The first kappa shape index (κ1) is 18.1. The molecule has 1 aromatic carbocycles. The fraction of sp³-hybridized carbons (Fsp3) is 0.389. The Labute approximate surface area is 145 Å². The number of amides is 1. The summed E-state index contributed by atoms with van der Waals surface area (Å²) in [5.41, 5.74) is 1.10. The van der Waals surface area contributed by atoms with E-state index in [4.69, 9.17) is 0 Å². The third-order valence-corrected chi connectivity index (χ3v) is 5.13. The normalized spacial score (nSPS) is 11.3. The highest BCUT2D eigenvalue weighted by molar-refractivity contribution is 7.13. The Balaban J connectivity index is 2.14. The lowest BCUT2D eigenvalue weighted by Gasteiger charge is -2.19. The molecule has 2 aromatic rings. The molecule has 2 rings (SSSR count). The first-order chi connectivity index (χ1) is 11.3. The molecule has 0 aliphatic rings. The number of aliphatic carboxylic acids is 1. The molecule has 0 aliphatic carbocycles. The molecule has 0 saturated heterocycles. The molecular formula is C18H22N2O3S. The van der Waals surface area contributed by atoms with Crippen molar-refractivity contribution in [3.8, 4) is 0 Å². The molecule has 0 fully saturated rings. The number of carbonyl (C=O) groups is 2. The molecule has 0 aliphatic heterocycles. The van der Waals surface area contributed by atoms with Gasteiger partial charge in [-0.1, -0.05) is 19.1 Å². The number of benzene rings is 1. The SMILES string of the molecule is CCCc1nc(C)c(C(=O)Nc2ccc(C(C)(C)C(=O)O)cc2)s1. The lowest BCUT2D eigenvalue weighted by Crippen LogP contribution is -2.28. The standard InChI is InChI=1S/C18H22N2O3S/c1-5-6-14-19-11(2)15(24-14)16(21)20-13-9-7-12(8-10-13)18(3,4)17(22)23/h7-10H,5-6H2,1-4H3,(H,20,21)(H,22,23). The van der Waals surface area contributed by atoms with Crippen molar-refractivity contribution < 1.29 is 14.7 Å². The number of nitrogens with one attached hydrogen (secondary N) is 1. The van der Waals surface area contributed by atoms with E-state index < -0.39 is 11.4 Å². The third-order valence-electron chi connectivity index (χ3n) is 3.91. The Morgan fingerprint density at radius 1 is 1.25 bits per heavy atom. The highest BCUT2D eigenvalue weighted by atomic mass is 32.1. The Morgan fingerprint density at radius 3 is 2.42 bits per heavy atom. The maximum Gasteiger partial charge on any atom is 0.313 e. The highest BCUT2D eigenvalue weighted by Gasteiger charge is 2.29. The monoisotopic (exact) mass is 346 g/mol. The van der Waals surface area contributed by atoms with Crippen molar-refractivity contribution in [2.75, 3.05) is 5.32 Å². The smallest absolute Gasteiger partial charge is 0.313 e. The molecule has 0 unspecified atom stereocenters. The summed E-state index contributed by atoms with van der Waals surface area (Å²) in [5.74, 6) is -1.07. The average molecular weight is 346 g/mol. The molecule has 24 heavy (non-hydrogen) atoms. The molecule has 0 atom stereocenters. The van der Waals surface area contributed by atoms with Crippen LogP contribution >= 0.6 is 11.3 Å². The van der Waals surface area contributed by atoms with E-state index in [-0.39, 0.29) is 5.91 Å². The summed E-state index contributed by atoms with van der Waals surface area (Å²) in [4.78, 5) is 28.7. The summed E-state index contributed by atoms with van der Waals surface area (Å²) in [6.45, 7) is 7.22. The fourth-order valence-corrected chi connectivity index (χ4v) is 3.33. The lowest BCUT2D eigenvalue weighted by molar-refractivity contribution is -0.142. The van der Waals surface area contributed by atoms with Crippen LogP contribution in [0, 0.1) is 6.92 Å². The molecule has 1 aromatic heterocycles. The number of hydrogen-bond donors (Lipinski definition) is 2. The van der Waals surface area contributed by atoms with E-state index in [0.717, 1.165) is 23.5 Å². The first-order valence-corrected chi connectivity index (χ1v) is 8.69. The fourth-order valence-electron chi connectivity index (χ4n) is 2.27. The van der Waals surface area contributed by atoms with E-state index in [1.54, 1.807) is 38.1 Å². The quantitative estimate of drug-likeness (QED) is 0.828. The number of nitrogens with zero attached hydrogens (tertiary/aromatic N) is 1. The lowest BCUT2D eigenvalue weighted by atomic mass is 9.85. The van der Waals surface area contributed by atoms with Gasteiger partial charge >= 0.3 is 5.97 Å². The van der Waals surface area contributed by atoms with Crippen LogP contribution in [0.4, 0.5) is 5.69 Å². The zero-order chi connectivity index (χ0) is 17.9. The molecule has 0 bridgehead atoms. The summed E-state index contributed by atoms with van der Waals surface area (Å²) in [6, 6.07) is 6.90. The summed E-state index contributed by atoms with van der Waals surface area (Å²) in [7, 11) is 0. The molecule has 0 saturated carbocycles. The van der Waals surface area contributed by atoms with Gasteiger partial charge in [0.2, 0.25) is 0 Å². The molecule has 5 nitrogen and oxygen atoms in total. The van der Waals surface area contributed by atoms with Crippen LogP contribution in [-0.4, -0.2) is 22.0 Å².